The molecule has 0 radical (unpaired) electrons. The zero-order chi connectivity index (χ0) is 23.0. The van der Waals surface area contributed by atoms with Crippen LogP contribution in [-0.4, -0.2) is 52.5 Å². The Kier molecular flexibility index (Phi) is 10.2. The second-order valence-corrected chi connectivity index (χ2v) is 8.03. The molecule has 0 spiro atoms. The van der Waals surface area contributed by atoms with Crippen molar-refractivity contribution in [2.75, 3.05) is 31.6 Å². The lowest BCUT2D eigenvalue weighted by molar-refractivity contribution is 0.0386. The fraction of sp³-hybridized carbons (Fsp3) is 0.435. The number of furan rings is 1. The molecule has 0 amide bonds. The number of nitrogens with zero attached hydrogens (tertiary/aromatic N) is 5. The molecule has 0 saturated carbocycles. The maximum absolute atomic E-state index is 10.8. The average Bonchev–Trinajstić information content (AvgIpc) is 3.45. The Morgan fingerprint density at radius 2 is 1.94 bits per heavy atom. The third kappa shape index (κ3) is 7.74. The van der Waals surface area contributed by atoms with Crippen molar-refractivity contribution >= 4 is 35.6 Å². The normalized spacial score (nSPS) is 13.2. The highest BCUT2D eigenvalue weighted by Gasteiger charge is 2.26. The molecule has 0 aliphatic carbocycles. The van der Waals surface area contributed by atoms with Gasteiger partial charge in [-0.1, -0.05) is 18.2 Å². The summed E-state index contributed by atoms with van der Waals surface area (Å²) < 4.78 is 7.28. The Hall–Kier alpha value is -2.60. The minimum atomic E-state index is -1.17. The third-order valence-corrected chi connectivity index (χ3v) is 5.37. The highest BCUT2D eigenvalue weighted by Crippen LogP contribution is 2.19. The standard InChI is InChI=1S/C23H33N7O2.HI/c1-18-27-28-21(30(18)4)16-25-22(26-17-23(2,31)20-12-8-15-32-20)24-13-9-14-29(3)19-10-6-5-7-11-19;/h5-8,10-12,15,31H,9,13-14,16-17H2,1-4H3,(H2,24,25,26);1H. The van der Waals surface area contributed by atoms with Crippen molar-refractivity contribution in [2.45, 2.75) is 32.4 Å². The SMILES string of the molecule is Cc1nnc(CN=C(NCCCN(C)c2ccccc2)NCC(C)(O)c2ccco2)n1C.I. The van der Waals surface area contributed by atoms with Crippen LogP contribution in [0.5, 0.6) is 0 Å². The molecule has 0 fully saturated rings. The summed E-state index contributed by atoms with van der Waals surface area (Å²) in [6, 6.07) is 13.8. The van der Waals surface area contributed by atoms with E-state index in [2.05, 4.69) is 49.9 Å². The lowest BCUT2D eigenvalue weighted by Gasteiger charge is -2.23. The van der Waals surface area contributed by atoms with Gasteiger partial charge in [0.25, 0.3) is 0 Å². The third-order valence-electron chi connectivity index (χ3n) is 5.37. The number of hydrogen-bond acceptors (Lipinski definition) is 6. The summed E-state index contributed by atoms with van der Waals surface area (Å²) in [7, 11) is 4.00. The van der Waals surface area contributed by atoms with Crippen molar-refractivity contribution in [2.24, 2.45) is 12.0 Å². The van der Waals surface area contributed by atoms with Crippen LogP contribution in [0.25, 0.3) is 0 Å². The summed E-state index contributed by atoms with van der Waals surface area (Å²) in [4.78, 5) is 6.86. The molecule has 2 aromatic heterocycles. The molecule has 9 nitrogen and oxygen atoms in total. The maximum atomic E-state index is 10.8. The predicted octanol–water partition coefficient (Wildman–Crippen LogP) is 2.80. The number of guanidine groups is 1. The van der Waals surface area contributed by atoms with Gasteiger partial charge in [-0.15, -0.1) is 34.2 Å². The lowest BCUT2D eigenvalue weighted by atomic mass is 10.0. The summed E-state index contributed by atoms with van der Waals surface area (Å²) in [5, 5.41) is 25.6. The number of halogens is 1. The number of anilines is 1. The van der Waals surface area contributed by atoms with Gasteiger partial charge in [0.05, 0.1) is 12.8 Å². The van der Waals surface area contributed by atoms with Crippen LogP contribution in [0.4, 0.5) is 5.69 Å². The molecule has 10 heteroatoms. The monoisotopic (exact) mass is 567 g/mol. The molecule has 180 valence electrons. The van der Waals surface area contributed by atoms with E-state index in [1.54, 1.807) is 25.3 Å². The van der Waals surface area contributed by atoms with Crippen molar-refractivity contribution in [1.82, 2.24) is 25.4 Å². The fourth-order valence-electron chi connectivity index (χ4n) is 3.18. The Balaban J connectivity index is 0.00000385. The number of nitrogens with one attached hydrogen (secondary N) is 2. The minimum Gasteiger partial charge on any atom is -0.466 e. The predicted molar refractivity (Wildman–Crippen MR) is 141 cm³/mol. The quantitative estimate of drug-likeness (QED) is 0.150. The number of para-hydroxylation sites is 1. The molecule has 0 saturated heterocycles. The van der Waals surface area contributed by atoms with E-state index in [0.29, 0.717) is 18.3 Å². The number of aliphatic imine (C=N–C) groups is 1. The molecule has 1 unspecified atom stereocenters. The van der Waals surface area contributed by atoms with Crippen molar-refractivity contribution in [3.63, 3.8) is 0 Å². The van der Waals surface area contributed by atoms with Crippen LogP contribution >= 0.6 is 24.0 Å². The van der Waals surface area contributed by atoms with Crippen molar-refractivity contribution < 1.29 is 9.52 Å². The Morgan fingerprint density at radius 3 is 2.58 bits per heavy atom. The average molecular weight is 567 g/mol. The molecule has 2 heterocycles. The largest absolute Gasteiger partial charge is 0.466 e. The first kappa shape index (κ1) is 26.7. The van der Waals surface area contributed by atoms with Crippen LogP contribution < -0.4 is 15.5 Å². The second kappa shape index (κ2) is 12.6. The molecule has 3 aromatic rings. The molecule has 0 bridgehead atoms. The summed E-state index contributed by atoms with van der Waals surface area (Å²) in [6.45, 7) is 5.85. The van der Waals surface area contributed by atoms with E-state index in [1.807, 2.05) is 36.7 Å². The number of aliphatic hydroxyl groups is 1. The summed E-state index contributed by atoms with van der Waals surface area (Å²) in [5.41, 5.74) is 0.0209. The first-order chi connectivity index (χ1) is 15.4. The van der Waals surface area contributed by atoms with Crippen LogP contribution in [0, 0.1) is 6.92 Å². The van der Waals surface area contributed by atoms with Crippen LogP contribution in [-0.2, 0) is 19.2 Å². The van der Waals surface area contributed by atoms with Gasteiger partial charge in [-0.05, 0) is 44.5 Å². The number of aryl methyl sites for hydroxylation is 1. The molecule has 33 heavy (non-hydrogen) atoms. The van der Waals surface area contributed by atoms with E-state index >= 15 is 0 Å². The molecular weight excluding hydrogens is 533 g/mol. The van der Waals surface area contributed by atoms with Crippen molar-refractivity contribution in [3.05, 3.63) is 66.1 Å². The molecular formula is C23H34IN7O2. The Bertz CT molecular complexity index is 988. The number of benzene rings is 1. The Morgan fingerprint density at radius 1 is 1.18 bits per heavy atom. The van der Waals surface area contributed by atoms with Gasteiger partial charge in [-0.3, -0.25) is 0 Å². The highest BCUT2D eigenvalue weighted by atomic mass is 127. The summed E-state index contributed by atoms with van der Waals surface area (Å²) >= 11 is 0. The molecule has 0 aliphatic heterocycles. The molecule has 0 aliphatic rings. The lowest BCUT2D eigenvalue weighted by Crippen LogP contribution is -2.45. The van der Waals surface area contributed by atoms with Gasteiger partial charge in [0, 0.05) is 32.9 Å². The molecule has 3 N–H and O–H groups in total. The van der Waals surface area contributed by atoms with Gasteiger partial charge in [0.15, 0.2) is 11.8 Å². The maximum Gasteiger partial charge on any atom is 0.191 e. The van der Waals surface area contributed by atoms with E-state index in [9.17, 15) is 5.11 Å². The molecule has 3 rings (SSSR count). The Labute approximate surface area is 212 Å². The van der Waals surface area contributed by atoms with Crippen molar-refractivity contribution in [3.8, 4) is 0 Å². The zero-order valence-corrected chi connectivity index (χ0v) is 22.0. The van der Waals surface area contributed by atoms with Crippen molar-refractivity contribution in [1.29, 1.82) is 0 Å². The first-order valence-corrected chi connectivity index (χ1v) is 10.8. The number of aromatic nitrogens is 3. The topological polar surface area (TPSA) is 104 Å². The van der Waals surface area contributed by atoms with Gasteiger partial charge < -0.3 is 29.6 Å². The van der Waals surface area contributed by atoms with Gasteiger partial charge in [-0.2, -0.15) is 0 Å². The van der Waals surface area contributed by atoms with Gasteiger partial charge >= 0.3 is 0 Å². The van der Waals surface area contributed by atoms with Gasteiger partial charge in [0.2, 0.25) is 0 Å². The molecule has 1 aromatic carbocycles. The van der Waals surface area contributed by atoms with E-state index in [-0.39, 0.29) is 30.5 Å². The smallest absolute Gasteiger partial charge is 0.191 e. The van der Waals surface area contributed by atoms with E-state index in [0.717, 1.165) is 31.2 Å². The summed E-state index contributed by atoms with van der Waals surface area (Å²) in [6.07, 6.45) is 2.47. The minimum absolute atomic E-state index is 0. The van der Waals surface area contributed by atoms with Gasteiger partial charge in [-0.25, -0.2) is 4.99 Å². The second-order valence-electron chi connectivity index (χ2n) is 8.03. The number of rotatable bonds is 10. The number of hydrogen-bond donors (Lipinski definition) is 3. The fourth-order valence-corrected chi connectivity index (χ4v) is 3.18. The summed E-state index contributed by atoms with van der Waals surface area (Å²) in [5.74, 6) is 2.70. The van der Waals surface area contributed by atoms with Gasteiger partial charge in [0.1, 0.15) is 23.7 Å². The first-order valence-electron chi connectivity index (χ1n) is 10.8. The van der Waals surface area contributed by atoms with Crippen LogP contribution in [0.3, 0.4) is 0 Å². The van der Waals surface area contributed by atoms with E-state index in [1.165, 1.54) is 5.69 Å². The van der Waals surface area contributed by atoms with E-state index in [4.69, 9.17) is 4.42 Å². The van der Waals surface area contributed by atoms with Crippen LogP contribution in [0.2, 0.25) is 0 Å². The molecule has 1 atom stereocenters. The van der Waals surface area contributed by atoms with Crippen LogP contribution in [0.15, 0.2) is 58.1 Å². The van der Waals surface area contributed by atoms with Crippen LogP contribution in [0.1, 0.15) is 30.8 Å². The van der Waals surface area contributed by atoms with E-state index < -0.39 is 5.60 Å². The zero-order valence-electron chi connectivity index (χ0n) is 19.7. The highest BCUT2D eigenvalue weighted by molar-refractivity contribution is 14.0.